The number of hydrogen-bond donors (Lipinski definition) is 1. The van der Waals surface area contributed by atoms with Crippen LogP contribution in [0.4, 0.5) is 0 Å². The molecule has 0 radical (unpaired) electrons. The van der Waals surface area contributed by atoms with Crippen LogP contribution in [-0.4, -0.2) is 37.7 Å². The van der Waals surface area contributed by atoms with Crippen LogP contribution in [0.3, 0.4) is 0 Å². The number of hydrogen-bond acceptors (Lipinski definition) is 3. The molecule has 2 aliphatic rings. The predicted molar refractivity (Wildman–Crippen MR) is 73.1 cm³/mol. The summed E-state index contributed by atoms with van der Waals surface area (Å²) >= 11 is 0. The third-order valence-corrected chi connectivity index (χ3v) is 5.06. The Morgan fingerprint density at radius 2 is 2.22 bits per heavy atom. The lowest BCUT2D eigenvalue weighted by Crippen LogP contribution is -2.64. The number of fused-ring (bicyclic) bond motifs is 4. The Morgan fingerprint density at radius 3 is 2.94 bits per heavy atom. The monoisotopic (exact) mass is 246 g/mol. The van der Waals surface area contributed by atoms with Gasteiger partial charge >= 0.3 is 0 Å². The number of benzene rings is 1. The fourth-order valence-corrected chi connectivity index (χ4v) is 3.65. The van der Waals surface area contributed by atoms with Crippen LogP contribution in [0.15, 0.2) is 18.2 Å². The van der Waals surface area contributed by atoms with E-state index in [0.29, 0.717) is 6.04 Å². The largest absolute Gasteiger partial charge is 0.497 e. The molecule has 3 heteroatoms. The van der Waals surface area contributed by atoms with Gasteiger partial charge < -0.3 is 15.4 Å². The highest BCUT2D eigenvalue weighted by Crippen LogP contribution is 2.44. The van der Waals surface area contributed by atoms with Crippen LogP contribution in [0.1, 0.15) is 24.5 Å². The zero-order chi connectivity index (χ0) is 12.9. The van der Waals surface area contributed by atoms with Gasteiger partial charge in [0.05, 0.1) is 7.11 Å². The second-order valence-corrected chi connectivity index (χ2v) is 5.97. The number of likely N-dealkylation sites (tertiary alicyclic amines) is 1. The van der Waals surface area contributed by atoms with Crippen molar-refractivity contribution in [1.82, 2.24) is 4.90 Å². The van der Waals surface area contributed by atoms with Gasteiger partial charge in [0.1, 0.15) is 5.75 Å². The number of nitrogens with zero attached hydrogens (tertiary/aromatic N) is 1. The van der Waals surface area contributed by atoms with Gasteiger partial charge in [-0.25, -0.2) is 0 Å². The maximum atomic E-state index is 6.53. The van der Waals surface area contributed by atoms with Crippen LogP contribution >= 0.6 is 0 Å². The number of likely N-dealkylation sites (N-methyl/N-ethyl adjacent to an activating group) is 1. The normalized spacial score (nSPS) is 35.1. The van der Waals surface area contributed by atoms with E-state index in [0.717, 1.165) is 25.1 Å². The van der Waals surface area contributed by atoms with E-state index >= 15 is 0 Å². The van der Waals surface area contributed by atoms with Crippen LogP contribution in [0, 0.1) is 0 Å². The topological polar surface area (TPSA) is 38.5 Å². The quantitative estimate of drug-likeness (QED) is 0.817. The molecule has 2 N–H and O–H groups in total. The van der Waals surface area contributed by atoms with Crippen molar-refractivity contribution in [3.63, 3.8) is 0 Å². The molecule has 0 aromatic heterocycles. The maximum absolute atomic E-state index is 6.53. The van der Waals surface area contributed by atoms with Crippen molar-refractivity contribution in [1.29, 1.82) is 0 Å². The number of nitrogens with two attached hydrogens (primary N) is 1. The Labute approximate surface area is 109 Å². The predicted octanol–water partition coefficient (Wildman–Crippen LogP) is 1.54. The Bertz CT molecular complexity index is 474. The highest BCUT2D eigenvalue weighted by molar-refractivity contribution is 5.45. The number of ether oxygens (including phenoxy) is 1. The summed E-state index contributed by atoms with van der Waals surface area (Å²) in [4.78, 5) is 2.42. The van der Waals surface area contributed by atoms with Gasteiger partial charge in [-0.15, -0.1) is 0 Å². The summed E-state index contributed by atoms with van der Waals surface area (Å²) in [5, 5.41) is 0. The van der Waals surface area contributed by atoms with E-state index in [1.54, 1.807) is 7.11 Å². The first-order valence-electron chi connectivity index (χ1n) is 6.69. The van der Waals surface area contributed by atoms with E-state index in [1.807, 2.05) is 0 Å². The fourth-order valence-electron chi connectivity index (χ4n) is 3.65. The average Bonchev–Trinajstić information content (AvgIpc) is 2.38. The molecule has 3 atom stereocenters. The number of methoxy groups -OCH3 is 1. The first-order chi connectivity index (χ1) is 8.56. The molecule has 1 saturated heterocycles. The summed E-state index contributed by atoms with van der Waals surface area (Å²) in [6, 6.07) is 7.16. The zero-order valence-corrected chi connectivity index (χ0v) is 11.4. The van der Waals surface area contributed by atoms with Gasteiger partial charge in [0.25, 0.3) is 0 Å². The molecular formula is C15H22N2O. The molecule has 0 spiro atoms. The Hall–Kier alpha value is -1.06. The number of piperidine rings is 1. The second kappa shape index (κ2) is 3.97. The summed E-state index contributed by atoms with van der Waals surface area (Å²) in [6.45, 7) is 3.45. The lowest BCUT2D eigenvalue weighted by Gasteiger charge is -2.53. The lowest BCUT2D eigenvalue weighted by atomic mass is 9.62. The molecule has 98 valence electrons. The van der Waals surface area contributed by atoms with Crippen LogP contribution in [0.25, 0.3) is 0 Å². The molecule has 0 saturated carbocycles. The van der Waals surface area contributed by atoms with Crippen LogP contribution < -0.4 is 10.5 Å². The van der Waals surface area contributed by atoms with Crippen LogP contribution in [-0.2, 0) is 11.8 Å². The summed E-state index contributed by atoms with van der Waals surface area (Å²) in [7, 11) is 3.92. The van der Waals surface area contributed by atoms with Crippen molar-refractivity contribution >= 4 is 0 Å². The molecule has 0 amide bonds. The van der Waals surface area contributed by atoms with Crippen molar-refractivity contribution in [2.24, 2.45) is 5.73 Å². The van der Waals surface area contributed by atoms with Crippen LogP contribution in [0.2, 0.25) is 0 Å². The van der Waals surface area contributed by atoms with E-state index in [-0.39, 0.29) is 11.5 Å². The van der Waals surface area contributed by atoms with Crippen LogP contribution in [0.5, 0.6) is 5.75 Å². The smallest absolute Gasteiger partial charge is 0.119 e. The van der Waals surface area contributed by atoms with Gasteiger partial charge in [-0.05, 0) is 49.7 Å². The molecule has 2 bridgehead atoms. The molecule has 1 aromatic carbocycles. The second-order valence-electron chi connectivity index (χ2n) is 5.97. The number of rotatable bonds is 1. The molecule has 1 aliphatic carbocycles. The minimum atomic E-state index is 0.0965. The maximum Gasteiger partial charge on any atom is 0.119 e. The summed E-state index contributed by atoms with van der Waals surface area (Å²) in [6.07, 6.45) is 2.19. The molecule has 1 heterocycles. The van der Waals surface area contributed by atoms with Gasteiger partial charge in [-0.1, -0.05) is 13.0 Å². The first kappa shape index (κ1) is 12.0. The summed E-state index contributed by atoms with van der Waals surface area (Å²) in [5.41, 5.74) is 9.47. The lowest BCUT2D eigenvalue weighted by molar-refractivity contribution is 0.0861. The van der Waals surface area contributed by atoms with Gasteiger partial charge in [0, 0.05) is 17.5 Å². The summed E-state index contributed by atoms with van der Waals surface area (Å²) < 4.78 is 5.37. The minimum absolute atomic E-state index is 0.0965. The molecule has 1 fully saturated rings. The van der Waals surface area contributed by atoms with E-state index in [4.69, 9.17) is 10.5 Å². The van der Waals surface area contributed by atoms with Crippen molar-refractivity contribution in [2.45, 2.75) is 37.3 Å². The summed E-state index contributed by atoms with van der Waals surface area (Å²) in [5.74, 6) is 0.944. The average molecular weight is 246 g/mol. The van der Waals surface area contributed by atoms with Gasteiger partial charge in [0.2, 0.25) is 0 Å². The molecule has 18 heavy (non-hydrogen) atoms. The Morgan fingerprint density at radius 1 is 1.44 bits per heavy atom. The fraction of sp³-hybridized carbons (Fsp3) is 0.600. The van der Waals surface area contributed by atoms with Crippen molar-refractivity contribution < 1.29 is 4.74 Å². The SMILES string of the molecule is COc1ccc2c(c1)[C@@]1(C)CCN(C)C(C2)[C@@H]1N. The molecule has 3 rings (SSSR count). The van der Waals surface area contributed by atoms with Crippen molar-refractivity contribution in [2.75, 3.05) is 20.7 Å². The third kappa shape index (κ3) is 1.50. The molecule has 3 nitrogen and oxygen atoms in total. The van der Waals surface area contributed by atoms with Crippen molar-refractivity contribution in [3.05, 3.63) is 29.3 Å². The van der Waals surface area contributed by atoms with E-state index in [2.05, 4.69) is 37.1 Å². The molecular weight excluding hydrogens is 224 g/mol. The Balaban J connectivity index is 2.13. The molecule has 1 aromatic rings. The van der Waals surface area contributed by atoms with Gasteiger partial charge in [-0.2, -0.15) is 0 Å². The Kier molecular flexibility index (Phi) is 2.65. The van der Waals surface area contributed by atoms with Gasteiger partial charge in [0.15, 0.2) is 0 Å². The van der Waals surface area contributed by atoms with Crippen molar-refractivity contribution in [3.8, 4) is 5.75 Å². The highest BCUT2D eigenvalue weighted by atomic mass is 16.5. The molecule has 1 unspecified atom stereocenters. The van der Waals surface area contributed by atoms with E-state index in [1.165, 1.54) is 11.1 Å². The van der Waals surface area contributed by atoms with Gasteiger partial charge in [-0.3, -0.25) is 0 Å². The minimum Gasteiger partial charge on any atom is -0.497 e. The third-order valence-electron chi connectivity index (χ3n) is 5.06. The van der Waals surface area contributed by atoms with E-state index in [9.17, 15) is 0 Å². The standard InChI is InChI=1S/C15H22N2O/c1-15-6-7-17(2)13(14(15)16)8-10-4-5-11(18-3)9-12(10)15/h4-5,9,13-14H,6-8,16H2,1-3H3/t13?,14-,15+/m0/s1. The first-order valence-corrected chi connectivity index (χ1v) is 6.69. The zero-order valence-electron chi connectivity index (χ0n) is 11.4. The van der Waals surface area contributed by atoms with E-state index < -0.39 is 0 Å². The highest BCUT2D eigenvalue weighted by Gasteiger charge is 2.48. The molecule has 1 aliphatic heterocycles.